The molecule has 88 valence electrons. The first-order valence-electron chi connectivity index (χ1n) is 5.69. The highest BCUT2D eigenvalue weighted by atomic mass is 32.1. The van der Waals surface area contributed by atoms with Crippen molar-refractivity contribution in [2.75, 3.05) is 12.4 Å². The zero-order valence-electron chi connectivity index (χ0n) is 9.64. The van der Waals surface area contributed by atoms with E-state index in [9.17, 15) is 0 Å². The van der Waals surface area contributed by atoms with Gasteiger partial charge in [0.25, 0.3) is 0 Å². The third-order valence-electron chi connectivity index (χ3n) is 3.16. The molecule has 0 saturated heterocycles. The summed E-state index contributed by atoms with van der Waals surface area (Å²) in [6.07, 6.45) is 4.08. The van der Waals surface area contributed by atoms with E-state index in [0.29, 0.717) is 6.04 Å². The Bertz CT molecular complexity index is 510. The van der Waals surface area contributed by atoms with Crippen LogP contribution < -0.4 is 10.1 Å². The summed E-state index contributed by atoms with van der Waals surface area (Å²) in [5.41, 5.74) is 2.76. The van der Waals surface area contributed by atoms with Crippen LogP contribution in [-0.4, -0.2) is 12.1 Å². The fraction of sp³-hybridized carbons (Fsp3) is 0.308. The van der Waals surface area contributed by atoms with Gasteiger partial charge in [-0.3, -0.25) is 0 Å². The van der Waals surface area contributed by atoms with E-state index < -0.39 is 0 Å². The minimum atomic E-state index is 0.367. The molecule has 2 aromatic rings. The Balaban J connectivity index is 1.87. The van der Waals surface area contributed by atoms with E-state index in [1.165, 1.54) is 11.1 Å². The SMILES string of the molecule is COc1ccc2c(c1)C(Nc1nccs1)CC2. The maximum atomic E-state index is 5.28. The van der Waals surface area contributed by atoms with Crippen LogP contribution in [0.1, 0.15) is 23.6 Å². The van der Waals surface area contributed by atoms with Crippen LogP contribution in [0.4, 0.5) is 5.13 Å². The second-order valence-electron chi connectivity index (χ2n) is 4.14. The molecule has 3 rings (SSSR count). The molecule has 3 nitrogen and oxygen atoms in total. The van der Waals surface area contributed by atoms with Crippen molar-refractivity contribution in [2.45, 2.75) is 18.9 Å². The second-order valence-corrected chi connectivity index (χ2v) is 5.03. The van der Waals surface area contributed by atoms with Crippen LogP contribution in [0.3, 0.4) is 0 Å². The van der Waals surface area contributed by atoms with Gasteiger partial charge in [0.2, 0.25) is 0 Å². The lowest BCUT2D eigenvalue weighted by Gasteiger charge is -2.13. The molecule has 0 radical (unpaired) electrons. The van der Waals surface area contributed by atoms with Gasteiger partial charge in [-0.15, -0.1) is 11.3 Å². The van der Waals surface area contributed by atoms with Crippen molar-refractivity contribution in [3.05, 3.63) is 40.9 Å². The predicted molar refractivity (Wildman–Crippen MR) is 69.8 cm³/mol. The quantitative estimate of drug-likeness (QED) is 0.902. The van der Waals surface area contributed by atoms with Crippen molar-refractivity contribution in [1.29, 1.82) is 0 Å². The largest absolute Gasteiger partial charge is 0.497 e. The highest BCUT2D eigenvalue weighted by Gasteiger charge is 2.23. The van der Waals surface area contributed by atoms with Gasteiger partial charge in [0.1, 0.15) is 5.75 Å². The van der Waals surface area contributed by atoms with Crippen LogP contribution in [-0.2, 0) is 6.42 Å². The predicted octanol–water partition coefficient (Wildman–Crippen LogP) is 3.25. The van der Waals surface area contributed by atoms with E-state index in [1.807, 2.05) is 17.6 Å². The number of fused-ring (bicyclic) bond motifs is 1. The lowest BCUT2D eigenvalue weighted by Crippen LogP contribution is -2.06. The molecule has 4 heteroatoms. The molecule has 1 atom stereocenters. The summed E-state index contributed by atoms with van der Waals surface area (Å²) in [6.45, 7) is 0. The molecule has 1 aliphatic carbocycles. The molecule has 0 saturated carbocycles. The van der Waals surface area contributed by atoms with Gasteiger partial charge in [-0.2, -0.15) is 0 Å². The number of nitrogens with zero attached hydrogens (tertiary/aromatic N) is 1. The molecular weight excluding hydrogens is 232 g/mol. The molecule has 1 heterocycles. The number of rotatable bonds is 3. The maximum Gasteiger partial charge on any atom is 0.183 e. The highest BCUT2D eigenvalue weighted by Crippen LogP contribution is 2.36. The van der Waals surface area contributed by atoms with Crippen LogP contribution in [0.2, 0.25) is 0 Å². The van der Waals surface area contributed by atoms with Gasteiger partial charge in [-0.1, -0.05) is 6.07 Å². The Morgan fingerprint density at radius 3 is 3.18 bits per heavy atom. The zero-order valence-corrected chi connectivity index (χ0v) is 10.5. The summed E-state index contributed by atoms with van der Waals surface area (Å²) in [6, 6.07) is 6.70. The second kappa shape index (κ2) is 4.37. The van der Waals surface area contributed by atoms with Gasteiger partial charge in [-0.05, 0) is 36.1 Å². The summed E-state index contributed by atoms with van der Waals surface area (Å²) in [4.78, 5) is 4.27. The molecule has 1 N–H and O–H groups in total. The van der Waals surface area contributed by atoms with Crippen molar-refractivity contribution < 1.29 is 4.74 Å². The average Bonchev–Trinajstić information content (AvgIpc) is 2.99. The summed E-state index contributed by atoms with van der Waals surface area (Å²) in [7, 11) is 1.71. The molecule has 0 aliphatic heterocycles. The number of anilines is 1. The number of aryl methyl sites for hydroxylation is 1. The van der Waals surface area contributed by atoms with E-state index in [1.54, 1.807) is 18.4 Å². The maximum absolute atomic E-state index is 5.28. The van der Waals surface area contributed by atoms with E-state index in [4.69, 9.17) is 4.74 Å². The van der Waals surface area contributed by atoms with Crippen molar-refractivity contribution in [3.63, 3.8) is 0 Å². The number of methoxy groups -OCH3 is 1. The lowest BCUT2D eigenvalue weighted by molar-refractivity contribution is 0.414. The van der Waals surface area contributed by atoms with E-state index in [2.05, 4.69) is 22.4 Å². The van der Waals surface area contributed by atoms with Crippen LogP contribution in [0.25, 0.3) is 0 Å². The number of hydrogen-bond donors (Lipinski definition) is 1. The molecule has 0 bridgehead atoms. The van der Waals surface area contributed by atoms with Crippen LogP contribution in [0.5, 0.6) is 5.75 Å². The normalized spacial score (nSPS) is 17.8. The first-order chi connectivity index (χ1) is 8.36. The van der Waals surface area contributed by atoms with Gasteiger partial charge in [0.05, 0.1) is 13.2 Å². The van der Waals surface area contributed by atoms with Crippen molar-refractivity contribution in [1.82, 2.24) is 4.98 Å². The number of ether oxygens (including phenoxy) is 1. The van der Waals surface area contributed by atoms with E-state index in [-0.39, 0.29) is 0 Å². The van der Waals surface area contributed by atoms with Crippen molar-refractivity contribution in [2.24, 2.45) is 0 Å². The molecule has 1 aromatic carbocycles. The van der Waals surface area contributed by atoms with E-state index >= 15 is 0 Å². The Labute approximate surface area is 104 Å². The molecule has 1 aromatic heterocycles. The zero-order chi connectivity index (χ0) is 11.7. The average molecular weight is 246 g/mol. The van der Waals surface area contributed by atoms with Crippen LogP contribution in [0, 0.1) is 0 Å². The summed E-state index contributed by atoms with van der Waals surface area (Å²) in [5.74, 6) is 0.927. The van der Waals surface area contributed by atoms with Crippen LogP contribution in [0.15, 0.2) is 29.8 Å². The fourth-order valence-electron chi connectivity index (χ4n) is 2.30. The molecule has 1 unspecified atom stereocenters. The number of nitrogens with one attached hydrogen (secondary N) is 1. The summed E-state index contributed by atoms with van der Waals surface area (Å²) < 4.78 is 5.28. The Kier molecular flexibility index (Phi) is 2.73. The first-order valence-corrected chi connectivity index (χ1v) is 6.57. The topological polar surface area (TPSA) is 34.1 Å². The Morgan fingerprint density at radius 1 is 1.47 bits per heavy atom. The smallest absolute Gasteiger partial charge is 0.183 e. The Morgan fingerprint density at radius 2 is 2.41 bits per heavy atom. The lowest BCUT2D eigenvalue weighted by atomic mass is 10.1. The van der Waals surface area contributed by atoms with Gasteiger partial charge in [0.15, 0.2) is 5.13 Å². The third kappa shape index (κ3) is 2.00. The molecule has 0 fully saturated rings. The molecular formula is C13H14N2OS. The number of benzene rings is 1. The molecule has 0 spiro atoms. The molecule has 17 heavy (non-hydrogen) atoms. The monoisotopic (exact) mass is 246 g/mol. The van der Waals surface area contributed by atoms with Gasteiger partial charge in [-0.25, -0.2) is 4.98 Å². The summed E-state index contributed by atoms with van der Waals surface area (Å²) >= 11 is 1.64. The highest BCUT2D eigenvalue weighted by molar-refractivity contribution is 7.13. The number of thiazole rings is 1. The molecule has 0 amide bonds. The Hall–Kier alpha value is -1.55. The molecule has 1 aliphatic rings. The summed E-state index contributed by atoms with van der Waals surface area (Å²) in [5, 5.41) is 6.46. The van der Waals surface area contributed by atoms with Gasteiger partial charge in [0, 0.05) is 11.6 Å². The fourth-order valence-corrected chi connectivity index (χ4v) is 2.88. The van der Waals surface area contributed by atoms with Crippen molar-refractivity contribution in [3.8, 4) is 5.75 Å². The standard InChI is InChI=1S/C13H14N2OS/c1-16-10-4-2-9-3-5-12(11(9)8-10)15-13-14-6-7-17-13/h2,4,6-8,12H,3,5H2,1H3,(H,14,15). The van der Waals surface area contributed by atoms with Gasteiger partial charge >= 0.3 is 0 Å². The third-order valence-corrected chi connectivity index (χ3v) is 3.87. The van der Waals surface area contributed by atoms with Gasteiger partial charge < -0.3 is 10.1 Å². The van der Waals surface area contributed by atoms with E-state index in [0.717, 1.165) is 23.7 Å². The number of hydrogen-bond acceptors (Lipinski definition) is 4. The van der Waals surface area contributed by atoms with Crippen LogP contribution >= 0.6 is 11.3 Å². The number of aromatic nitrogens is 1. The van der Waals surface area contributed by atoms with Crippen molar-refractivity contribution >= 4 is 16.5 Å². The minimum Gasteiger partial charge on any atom is -0.497 e. The first kappa shape index (κ1) is 10.6. The minimum absolute atomic E-state index is 0.367.